The van der Waals surface area contributed by atoms with Gasteiger partial charge in [0.15, 0.2) is 0 Å². The zero-order valence-electron chi connectivity index (χ0n) is 17.0. The number of hydrogen-bond donors (Lipinski definition) is 3. The summed E-state index contributed by atoms with van der Waals surface area (Å²) in [6, 6.07) is 11.5. The van der Waals surface area contributed by atoms with Gasteiger partial charge in [0.05, 0.1) is 0 Å². The fourth-order valence-electron chi connectivity index (χ4n) is 2.88. The summed E-state index contributed by atoms with van der Waals surface area (Å²) >= 11 is 0. The minimum absolute atomic E-state index is 0.229. The van der Waals surface area contributed by atoms with Gasteiger partial charge in [-0.25, -0.2) is 5.01 Å². The first kappa shape index (κ1) is 21.7. The van der Waals surface area contributed by atoms with E-state index < -0.39 is 13.0 Å². The average Bonchev–Trinajstić information content (AvgIpc) is 2.58. The molecule has 2 aromatic rings. The normalized spacial score (nSPS) is 11.1. The quantitative estimate of drug-likeness (QED) is 0.556. The van der Waals surface area contributed by atoms with Gasteiger partial charge in [0.2, 0.25) is 0 Å². The molecule has 3 N–H and O–H groups in total. The highest BCUT2D eigenvalue weighted by Gasteiger charge is 2.25. The van der Waals surface area contributed by atoms with Crippen LogP contribution in [0.5, 0.6) is 0 Å². The Kier molecular flexibility index (Phi) is 6.64. The van der Waals surface area contributed by atoms with Crippen LogP contribution >= 0.6 is 0 Å². The van der Waals surface area contributed by atoms with E-state index in [9.17, 15) is 19.6 Å². The molecule has 0 fully saturated rings. The molecule has 2 aromatic carbocycles. The zero-order valence-corrected chi connectivity index (χ0v) is 17.0. The van der Waals surface area contributed by atoms with Crippen LogP contribution in [0, 0.1) is 19.3 Å². The Labute approximate surface area is 166 Å². The number of nitrogens with zero attached hydrogens (tertiary/aromatic N) is 1. The van der Waals surface area contributed by atoms with Gasteiger partial charge in [-0.3, -0.25) is 15.0 Å². The van der Waals surface area contributed by atoms with Crippen LogP contribution in [0.25, 0.3) is 0 Å². The molecule has 0 spiro atoms. The van der Waals surface area contributed by atoms with Crippen molar-refractivity contribution >= 4 is 24.4 Å². The van der Waals surface area contributed by atoms with Crippen molar-refractivity contribution in [2.45, 2.75) is 34.6 Å². The van der Waals surface area contributed by atoms with E-state index >= 15 is 0 Å². The predicted octanol–water partition coefficient (Wildman–Crippen LogP) is 1.82. The summed E-state index contributed by atoms with van der Waals surface area (Å²) < 4.78 is 0. The monoisotopic (exact) mass is 382 g/mol. The molecule has 0 unspecified atom stereocenters. The summed E-state index contributed by atoms with van der Waals surface area (Å²) in [7, 11) is -1.60. The fraction of sp³-hybridized carbons (Fsp3) is 0.333. The lowest BCUT2D eigenvalue weighted by Crippen LogP contribution is -2.49. The van der Waals surface area contributed by atoms with Crippen molar-refractivity contribution in [3.63, 3.8) is 0 Å². The summed E-state index contributed by atoms with van der Waals surface area (Å²) in [5, 5.41) is 19.7. The molecule has 0 radical (unpaired) electrons. The Morgan fingerprint density at radius 1 is 0.964 bits per heavy atom. The highest BCUT2D eigenvalue weighted by molar-refractivity contribution is 6.58. The molecule has 28 heavy (non-hydrogen) atoms. The minimum Gasteiger partial charge on any atom is -0.423 e. The topological polar surface area (TPSA) is 89.9 Å². The highest BCUT2D eigenvalue weighted by atomic mass is 16.4. The highest BCUT2D eigenvalue weighted by Crippen LogP contribution is 2.18. The number of aryl methyl sites for hydroxylation is 2. The van der Waals surface area contributed by atoms with Crippen molar-refractivity contribution in [1.82, 2.24) is 10.4 Å². The molecule has 2 amide bonds. The standard InChI is InChI=1S/C21H27BN2O4/c1-14-10-15(2)12-17(11-14)20(26)24(13-21(3,4)5)23-19(25)16-6-8-18(9-7-16)22(27)28/h6-12,27-28H,13H2,1-5H3,(H,23,25). The van der Waals surface area contributed by atoms with Crippen LogP contribution in [0.3, 0.4) is 0 Å². The molecular formula is C21H27BN2O4. The molecule has 6 nitrogen and oxygen atoms in total. The molecule has 0 aromatic heterocycles. The van der Waals surface area contributed by atoms with E-state index in [4.69, 9.17) is 0 Å². The van der Waals surface area contributed by atoms with E-state index in [1.54, 1.807) is 12.1 Å². The number of nitrogens with one attached hydrogen (secondary N) is 1. The molecule has 2 rings (SSSR count). The van der Waals surface area contributed by atoms with E-state index in [0.29, 0.717) is 17.7 Å². The molecule has 0 aliphatic rings. The maximum Gasteiger partial charge on any atom is 0.488 e. The van der Waals surface area contributed by atoms with E-state index in [1.165, 1.54) is 29.3 Å². The van der Waals surface area contributed by atoms with Gasteiger partial charge in [-0.05, 0) is 49.0 Å². The van der Waals surface area contributed by atoms with Crippen LogP contribution in [0.1, 0.15) is 52.6 Å². The smallest absolute Gasteiger partial charge is 0.423 e. The van der Waals surface area contributed by atoms with Gasteiger partial charge in [-0.2, -0.15) is 0 Å². The third kappa shape index (κ3) is 5.94. The maximum atomic E-state index is 13.1. The lowest BCUT2D eigenvalue weighted by molar-refractivity contribution is 0.0509. The Bertz CT molecular complexity index is 837. The summed E-state index contributed by atoms with van der Waals surface area (Å²) in [5.74, 6) is -0.724. The third-order valence-electron chi connectivity index (χ3n) is 4.05. The van der Waals surface area contributed by atoms with Crippen LogP contribution in [0.15, 0.2) is 42.5 Å². The van der Waals surface area contributed by atoms with E-state index in [0.717, 1.165) is 11.1 Å². The van der Waals surface area contributed by atoms with Crippen LogP contribution < -0.4 is 10.9 Å². The second-order valence-electron chi connectivity index (χ2n) is 8.26. The number of hydrogen-bond acceptors (Lipinski definition) is 4. The lowest BCUT2D eigenvalue weighted by Gasteiger charge is -2.30. The summed E-state index contributed by atoms with van der Waals surface area (Å²) in [4.78, 5) is 25.7. The second-order valence-corrected chi connectivity index (χ2v) is 8.26. The van der Waals surface area contributed by atoms with Crippen molar-refractivity contribution < 1.29 is 19.6 Å². The summed E-state index contributed by atoms with van der Waals surface area (Å²) in [6.45, 7) is 10.1. The Morgan fingerprint density at radius 3 is 1.96 bits per heavy atom. The first-order valence-corrected chi connectivity index (χ1v) is 9.13. The van der Waals surface area contributed by atoms with Gasteiger partial charge in [0.25, 0.3) is 11.8 Å². The Hall–Kier alpha value is -2.64. The van der Waals surface area contributed by atoms with Crippen LogP contribution in [0.4, 0.5) is 0 Å². The average molecular weight is 382 g/mol. The van der Waals surface area contributed by atoms with Gasteiger partial charge >= 0.3 is 7.12 Å². The Morgan fingerprint density at radius 2 is 1.50 bits per heavy atom. The van der Waals surface area contributed by atoms with Crippen molar-refractivity contribution in [3.8, 4) is 0 Å². The first-order valence-electron chi connectivity index (χ1n) is 9.13. The van der Waals surface area contributed by atoms with E-state index in [2.05, 4.69) is 5.43 Å². The first-order chi connectivity index (χ1) is 13.0. The molecule has 7 heteroatoms. The van der Waals surface area contributed by atoms with Crippen LogP contribution in [-0.2, 0) is 0 Å². The number of hydrazine groups is 1. The van der Waals surface area contributed by atoms with Crippen molar-refractivity contribution in [2.24, 2.45) is 5.41 Å². The summed E-state index contributed by atoms with van der Waals surface area (Å²) in [6.07, 6.45) is 0. The third-order valence-corrected chi connectivity index (χ3v) is 4.05. The van der Waals surface area contributed by atoms with Crippen molar-refractivity contribution in [2.75, 3.05) is 6.54 Å². The minimum atomic E-state index is -1.60. The maximum absolute atomic E-state index is 13.1. The molecule has 0 aliphatic heterocycles. The molecule has 0 aliphatic carbocycles. The van der Waals surface area contributed by atoms with E-state index in [-0.39, 0.29) is 16.8 Å². The van der Waals surface area contributed by atoms with Gasteiger partial charge < -0.3 is 10.0 Å². The number of rotatable bonds is 4. The van der Waals surface area contributed by atoms with Gasteiger partial charge in [0, 0.05) is 17.7 Å². The van der Waals surface area contributed by atoms with Crippen LogP contribution in [0.2, 0.25) is 0 Å². The van der Waals surface area contributed by atoms with Gasteiger partial charge in [-0.1, -0.05) is 50.1 Å². The molecule has 0 atom stereocenters. The fourth-order valence-corrected chi connectivity index (χ4v) is 2.88. The number of carbonyl (C=O) groups is 2. The number of amides is 2. The molecule has 0 bridgehead atoms. The zero-order chi connectivity index (χ0) is 21.1. The molecular weight excluding hydrogens is 355 g/mol. The SMILES string of the molecule is Cc1cc(C)cc(C(=O)N(CC(C)(C)C)NC(=O)c2ccc(B(O)O)cc2)c1. The largest absolute Gasteiger partial charge is 0.488 e. The predicted molar refractivity (Wildman–Crippen MR) is 110 cm³/mol. The van der Waals surface area contributed by atoms with Gasteiger partial charge in [-0.15, -0.1) is 0 Å². The Balaban J connectivity index is 2.27. The number of benzene rings is 2. The summed E-state index contributed by atoms with van der Waals surface area (Å²) in [5.41, 5.74) is 5.53. The second kappa shape index (κ2) is 8.58. The van der Waals surface area contributed by atoms with E-state index in [1.807, 2.05) is 40.7 Å². The van der Waals surface area contributed by atoms with Crippen molar-refractivity contribution in [3.05, 3.63) is 64.7 Å². The van der Waals surface area contributed by atoms with Crippen molar-refractivity contribution in [1.29, 1.82) is 0 Å². The molecule has 148 valence electrons. The molecule has 0 heterocycles. The molecule has 0 saturated carbocycles. The lowest BCUT2D eigenvalue weighted by atomic mass is 9.80. The van der Waals surface area contributed by atoms with Gasteiger partial charge in [0.1, 0.15) is 0 Å². The number of carbonyl (C=O) groups excluding carboxylic acids is 2. The molecule has 0 saturated heterocycles. The van der Waals surface area contributed by atoms with Crippen LogP contribution in [-0.4, -0.2) is 40.5 Å².